The quantitative estimate of drug-likeness (QED) is 0.170. The molecule has 2 aromatic heterocycles. The van der Waals surface area contributed by atoms with E-state index >= 15 is 0 Å². The van der Waals surface area contributed by atoms with E-state index in [9.17, 15) is 15.8 Å². The number of hydrogen-bond donors (Lipinski definition) is 0. The molecule has 0 aliphatic carbocycles. The van der Waals surface area contributed by atoms with Crippen LogP contribution in [0.2, 0.25) is 0 Å². The average molecular weight is 702 g/mol. The van der Waals surface area contributed by atoms with E-state index in [2.05, 4.69) is 47.0 Å². The predicted octanol–water partition coefficient (Wildman–Crippen LogP) is 10.9. The normalized spacial score (nSPS) is 10.9. The summed E-state index contributed by atoms with van der Waals surface area (Å²) in [6.07, 6.45) is 0. The molecule has 0 aliphatic rings. The van der Waals surface area contributed by atoms with Gasteiger partial charge in [-0.1, -0.05) is 109 Å². The second-order valence-electron chi connectivity index (χ2n) is 13.0. The van der Waals surface area contributed by atoms with Crippen LogP contribution in [0.3, 0.4) is 0 Å². The minimum atomic E-state index is 0.402. The molecule has 0 bridgehead atoms. The Labute approximate surface area is 316 Å². The van der Waals surface area contributed by atoms with Crippen molar-refractivity contribution in [1.29, 1.82) is 15.8 Å². The van der Waals surface area contributed by atoms with Crippen LogP contribution < -0.4 is 0 Å². The van der Waals surface area contributed by atoms with Crippen LogP contribution in [0, 0.1) is 34.0 Å². The van der Waals surface area contributed by atoms with Crippen molar-refractivity contribution in [2.24, 2.45) is 0 Å². The first-order valence-corrected chi connectivity index (χ1v) is 17.6. The fourth-order valence-electron chi connectivity index (χ4n) is 7.19. The zero-order valence-electron chi connectivity index (χ0n) is 29.2. The van der Waals surface area contributed by atoms with Gasteiger partial charge in [0.1, 0.15) is 0 Å². The smallest absolute Gasteiger partial charge is 0.165 e. The van der Waals surface area contributed by atoms with Crippen LogP contribution in [0.15, 0.2) is 164 Å². The van der Waals surface area contributed by atoms with Crippen LogP contribution >= 0.6 is 0 Å². The van der Waals surface area contributed by atoms with Crippen molar-refractivity contribution in [3.8, 4) is 80.3 Å². The lowest BCUT2D eigenvalue weighted by atomic mass is 9.96. The average Bonchev–Trinajstić information content (AvgIpc) is 3.59. The van der Waals surface area contributed by atoms with Gasteiger partial charge in [-0.15, -0.1) is 0 Å². The Morgan fingerprint density at radius 2 is 0.818 bits per heavy atom. The third-order valence-corrected chi connectivity index (χ3v) is 9.80. The van der Waals surface area contributed by atoms with E-state index in [1.807, 2.05) is 140 Å². The zero-order valence-corrected chi connectivity index (χ0v) is 29.2. The van der Waals surface area contributed by atoms with E-state index in [4.69, 9.17) is 15.0 Å². The molecule has 9 rings (SSSR count). The molecule has 0 fully saturated rings. The van der Waals surface area contributed by atoms with E-state index in [0.717, 1.165) is 60.9 Å². The third kappa shape index (κ3) is 5.83. The summed E-state index contributed by atoms with van der Waals surface area (Å²) in [5.74, 6) is 1.43. The first-order chi connectivity index (χ1) is 27.1. The molecule has 0 radical (unpaired) electrons. The fraction of sp³-hybridized carbons (Fsp3) is 0. The minimum absolute atomic E-state index is 0.402. The number of nitrogens with zero attached hydrogens (tertiary/aromatic N) is 7. The van der Waals surface area contributed by atoms with Crippen LogP contribution in [0.5, 0.6) is 0 Å². The third-order valence-electron chi connectivity index (χ3n) is 9.80. The number of aromatic nitrogens is 4. The van der Waals surface area contributed by atoms with E-state index in [1.165, 1.54) is 0 Å². The standard InChI is InChI=1S/C48H27N7/c49-28-35-15-7-9-17-39(35)33-19-23-44-42(26-33)43-27-34(40-18-10-8-16-36(40)29-50)20-24-45(43)55(44)38-21-22-41(37(25-38)30-51)48-53-46(31-11-3-1-4-12-31)52-47(54-48)32-13-5-2-6-14-32/h1-27H. The Hall–Kier alpha value is -8.18. The molecule has 0 saturated heterocycles. The number of benzene rings is 7. The Balaban J connectivity index is 1.25. The van der Waals surface area contributed by atoms with E-state index in [1.54, 1.807) is 0 Å². The van der Waals surface area contributed by atoms with Crippen LogP contribution in [0.1, 0.15) is 16.7 Å². The SMILES string of the molecule is N#Cc1ccccc1-c1ccc2c(c1)c1cc(-c3ccccc3C#N)ccc1n2-c1ccc(-c2nc(-c3ccccc3)nc(-c3ccccc3)n2)c(C#N)c1. The Kier molecular flexibility index (Phi) is 8.18. The molecule has 0 N–H and O–H groups in total. The highest BCUT2D eigenvalue weighted by atomic mass is 15.0. The molecule has 0 aliphatic heterocycles. The van der Waals surface area contributed by atoms with Crippen LogP contribution in [-0.4, -0.2) is 19.5 Å². The maximum Gasteiger partial charge on any atom is 0.165 e. The molecule has 7 nitrogen and oxygen atoms in total. The second kappa shape index (κ2) is 13.7. The second-order valence-corrected chi connectivity index (χ2v) is 13.0. The number of fused-ring (bicyclic) bond motifs is 3. The van der Waals surface area contributed by atoms with Crippen LogP contribution in [0.25, 0.3) is 83.9 Å². The van der Waals surface area contributed by atoms with E-state index < -0.39 is 0 Å². The predicted molar refractivity (Wildman–Crippen MR) is 215 cm³/mol. The molecule has 7 aromatic carbocycles. The molecule has 9 aromatic rings. The summed E-state index contributed by atoms with van der Waals surface area (Å²) in [7, 11) is 0. The highest BCUT2D eigenvalue weighted by Gasteiger charge is 2.19. The van der Waals surface area contributed by atoms with Crippen molar-refractivity contribution in [2.45, 2.75) is 0 Å². The van der Waals surface area contributed by atoms with Gasteiger partial charge in [-0.2, -0.15) is 15.8 Å². The lowest BCUT2D eigenvalue weighted by Crippen LogP contribution is -2.02. The van der Waals surface area contributed by atoms with Crippen molar-refractivity contribution in [3.05, 3.63) is 180 Å². The van der Waals surface area contributed by atoms with E-state index in [-0.39, 0.29) is 0 Å². The maximum absolute atomic E-state index is 10.6. The van der Waals surface area contributed by atoms with Gasteiger partial charge in [0.05, 0.1) is 45.9 Å². The van der Waals surface area contributed by atoms with Crippen molar-refractivity contribution in [3.63, 3.8) is 0 Å². The van der Waals surface area contributed by atoms with Gasteiger partial charge >= 0.3 is 0 Å². The van der Waals surface area contributed by atoms with Gasteiger partial charge in [0.25, 0.3) is 0 Å². The number of nitriles is 3. The number of rotatable bonds is 6. The summed E-state index contributed by atoms with van der Waals surface area (Å²) >= 11 is 0. The summed E-state index contributed by atoms with van der Waals surface area (Å²) in [6, 6.07) is 59.9. The van der Waals surface area contributed by atoms with E-state index in [0.29, 0.717) is 39.7 Å². The van der Waals surface area contributed by atoms with Crippen molar-refractivity contribution in [2.75, 3.05) is 0 Å². The molecule has 2 heterocycles. The summed E-state index contributed by atoms with van der Waals surface area (Å²) in [5.41, 5.74) is 10.0. The lowest BCUT2D eigenvalue weighted by molar-refractivity contribution is 1.07. The van der Waals surface area contributed by atoms with Gasteiger partial charge in [-0.25, -0.2) is 15.0 Å². The summed E-state index contributed by atoms with van der Waals surface area (Å²) in [4.78, 5) is 14.6. The van der Waals surface area contributed by atoms with Gasteiger partial charge in [0.15, 0.2) is 17.5 Å². The van der Waals surface area contributed by atoms with Gasteiger partial charge in [0.2, 0.25) is 0 Å². The van der Waals surface area contributed by atoms with Crippen molar-refractivity contribution >= 4 is 21.8 Å². The van der Waals surface area contributed by atoms with Gasteiger partial charge in [-0.05, 0) is 76.9 Å². The first-order valence-electron chi connectivity index (χ1n) is 17.6. The van der Waals surface area contributed by atoms with Crippen LogP contribution in [-0.2, 0) is 0 Å². The Bertz CT molecular complexity index is 2900. The highest BCUT2D eigenvalue weighted by Crippen LogP contribution is 2.39. The Morgan fingerprint density at radius 3 is 1.31 bits per heavy atom. The maximum atomic E-state index is 10.6. The number of hydrogen-bond acceptors (Lipinski definition) is 6. The Morgan fingerprint density at radius 1 is 0.364 bits per heavy atom. The van der Waals surface area contributed by atoms with Crippen molar-refractivity contribution in [1.82, 2.24) is 19.5 Å². The van der Waals surface area contributed by atoms with Crippen LogP contribution in [0.4, 0.5) is 0 Å². The lowest BCUT2D eigenvalue weighted by Gasteiger charge is -2.13. The molecule has 0 amide bonds. The topological polar surface area (TPSA) is 115 Å². The highest BCUT2D eigenvalue weighted by molar-refractivity contribution is 6.12. The molecular formula is C48H27N7. The largest absolute Gasteiger partial charge is 0.309 e. The summed E-state index contributed by atoms with van der Waals surface area (Å²) in [5, 5.41) is 32.4. The monoisotopic (exact) mass is 701 g/mol. The molecule has 254 valence electrons. The molecule has 7 heteroatoms. The molecule has 0 spiro atoms. The van der Waals surface area contributed by atoms with Crippen molar-refractivity contribution < 1.29 is 0 Å². The molecule has 0 saturated carbocycles. The first kappa shape index (κ1) is 32.7. The van der Waals surface area contributed by atoms with Gasteiger partial charge in [0, 0.05) is 33.2 Å². The zero-order chi connectivity index (χ0) is 37.3. The van der Waals surface area contributed by atoms with Gasteiger partial charge < -0.3 is 4.57 Å². The molecular weight excluding hydrogens is 675 g/mol. The summed E-state index contributed by atoms with van der Waals surface area (Å²) in [6.45, 7) is 0. The molecule has 0 unspecified atom stereocenters. The molecule has 0 atom stereocenters. The van der Waals surface area contributed by atoms with Gasteiger partial charge in [-0.3, -0.25) is 0 Å². The summed E-state index contributed by atoms with van der Waals surface area (Å²) < 4.78 is 2.15. The fourth-order valence-corrected chi connectivity index (χ4v) is 7.19. The molecule has 55 heavy (non-hydrogen) atoms. The minimum Gasteiger partial charge on any atom is -0.309 e.